The van der Waals surface area contributed by atoms with E-state index in [-0.39, 0.29) is 48.7 Å². The molecule has 1 amide bonds. The van der Waals surface area contributed by atoms with Gasteiger partial charge in [0.2, 0.25) is 5.91 Å². The van der Waals surface area contributed by atoms with E-state index in [4.69, 9.17) is 5.73 Å². The van der Waals surface area contributed by atoms with Crippen LogP contribution in [0.1, 0.15) is 31.2 Å². The summed E-state index contributed by atoms with van der Waals surface area (Å²) in [6.45, 7) is 0.847. The molecule has 3 N–H and O–H groups in total. The minimum absolute atomic E-state index is 0. The molecule has 1 saturated carbocycles. The summed E-state index contributed by atoms with van der Waals surface area (Å²) in [4.78, 5) is 14.7. The Balaban J connectivity index is 0.00000264. The maximum Gasteiger partial charge on any atom is 0.223 e. The Kier molecular flexibility index (Phi) is 11.3. The third-order valence-corrected chi connectivity index (χ3v) is 4.34. The fourth-order valence-corrected chi connectivity index (χ4v) is 3.29. The SMILES string of the molecule is CN(C)CC(Cc1ccccc1)NC(=O)C1CCCC(N)C1.Cl.Cl. The number of hydrogen-bond acceptors (Lipinski definition) is 3. The molecule has 24 heavy (non-hydrogen) atoms. The van der Waals surface area contributed by atoms with Crippen molar-refractivity contribution in [1.29, 1.82) is 0 Å². The minimum atomic E-state index is 0. The van der Waals surface area contributed by atoms with Crippen molar-refractivity contribution < 1.29 is 4.79 Å². The molecule has 6 heteroatoms. The Morgan fingerprint density at radius 3 is 2.50 bits per heavy atom. The Bertz CT molecular complexity index is 471. The first-order valence-electron chi connectivity index (χ1n) is 8.29. The van der Waals surface area contributed by atoms with Crippen molar-refractivity contribution >= 4 is 30.7 Å². The van der Waals surface area contributed by atoms with E-state index >= 15 is 0 Å². The summed E-state index contributed by atoms with van der Waals surface area (Å²) in [5.41, 5.74) is 7.27. The Morgan fingerprint density at radius 2 is 1.92 bits per heavy atom. The monoisotopic (exact) mass is 375 g/mol. The molecule has 1 aliphatic rings. The molecule has 138 valence electrons. The molecule has 0 saturated heterocycles. The molecular formula is C18H31Cl2N3O. The van der Waals surface area contributed by atoms with Crippen LogP contribution in [0.5, 0.6) is 0 Å². The Labute approximate surface area is 158 Å². The summed E-state index contributed by atoms with van der Waals surface area (Å²) >= 11 is 0. The normalized spacial score (nSPS) is 21.3. The van der Waals surface area contributed by atoms with E-state index in [1.54, 1.807) is 0 Å². The molecule has 0 aromatic heterocycles. The van der Waals surface area contributed by atoms with E-state index < -0.39 is 0 Å². The van der Waals surface area contributed by atoms with Crippen LogP contribution in [0.3, 0.4) is 0 Å². The van der Waals surface area contributed by atoms with Gasteiger partial charge in [0.05, 0.1) is 0 Å². The third kappa shape index (κ3) is 7.84. The number of halogens is 2. The second kappa shape index (κ2) is 11.7. The molecule has 3 unspecified atom stereocenters. The van der Waals surface area contributed by atoms with Crippen molar-refractivity contribution in [2.75, 3.05) is 20.6 Å². The van der Waals surface area contributed by atoms with Gasteiger partial charge in [0, 0.05) is 24.5 Å². The van der Waals surface area contributed by atoms with Gasteiger partial charge in [0.1, 0.15) is 0 Å². The summed E-state index contributed by atoms with van der Waals surface area (Å²) in [6, 6.07) is 10.7. The molecule has 0 heterocycles. The lowest BCUT2D eigenvalue weighted by Crippen LogP contribution is -2.47. The van der Waals surface area contributed by atoms with Crippen LogP contribution in [0, 0.1) is 5.92 Å². The van der Waals surface area contributed by atoms with Crippen molar-refractivity contribution in [3.63, 3.8) is 0 Å². The molecule has 1 aliphatic carbocycles. The molecule has 0 spiro atoms. The lowest BCUT2D eigenvalue weighted by Gasteiger charge is -2.29. The van der Waals surface area contributed by atoms with Crippen LogP contribution >= 0.6 is 24.8 Å². The molecular weight excluding hydrogens is 345 g/mol. The van der Waals surface area contributed by atoms with Crippen molar-refractivity contribution in [3.05, 3.63) is 35.9 Å². The predicted molar refractivity (Wildman–Crippen MR) is 105 cm³/mol. The minimum Gasteiger partial charge on any atom is -0.352 e. The van der Waals surface area contributed by atoms with Crippen LogP contribution in [0.15, 0.2) is 30.3 Å². The number of carbonyl (C=O) groups is 1. The molecule has 3 atom stereocenters. The van der Waals surface area contributed by atoms with E-state index in [1.165, 1.54) is 5.56 Å². The first kappa shape index (κ1) is 23.2. The number of nitrogens with zero attached hydrogens (tertiary/aromatic N) is 1. The largest absolute Gasteiger partial charge is 0.352 e. The lowest BCUT2D eigenvalue weighted by molar-refractivity contribution is -0.126. The first-order chi connectivity index (χ1) is 10.5. The summed E-state index contributed by atoms with van der Waals surface area (Å²) in [7, 11) is 4.08. The maximum absolute atomic E-state index is 12.5. The smallest absolute Gasteiger partial charge is 0.223 e. The number of hydrogen-bond donors (Lipinski definition) is 2. The Hall–Kier alpha value is -0.810. The third-order valence-electron chi connectivity index (χ3n) is 4.34. The van der Waals surface area contributed by atoms with Crippen LogP contribution in [-0.4, -0.2) is 43.5 Å². The number of benzene rings is 1. The predicted octanol–water partition coefficient (Wildman–Crippen LogP) is 2.64. The van der Waals surface area contributed by atoms with Gasteiger partial charge < -0.3 is 16.0 Å². The fourth-order valence-electron chi connectivity index (χ4n) is 3.29. The number of likely N-dealkylation sites (N-methyl/N-ethyl adjacent to an activating group) is 1. The zero-order valence-corrected chi connectivity index (χ0v) is 16.2. The number of rotatable bonds is 6. The van der Waals surface area contributed by atoms with Crippen molar-refractivity contribution in [3.8, 4) is 0 Å². The van der Waals surface area contributed by atoms with E-state index in [1.807, 2.05) is 32.3 Å². The molecule has 4 nitrogen and oxygen atoms in total. The average Bonchev–Trinajstić information content (AvgIpc) is 2.47. The maximum atomic E-state index is 12.5. The summed E-state index contributed by atoms with van der Waals surface area (Å²) < 4.78 is 0. The van der Waals surface area contributed by atoms with Crippen LogP contribution in [0.2, 0.25) is 0 Å². The van der Waals surface area contributed by atoms with Gasteiger partial charge in [-0.1, -0.05) is 36.8 Å². The molecule has 0 bridgehead atoms. The molecule has 1 aromatic carbocycles. The highest BCUT2D eigenvalue weighted by Crippen LogP contribution is 2.23. The molecule has 1 fully saturated rings. The highest BCUT2D eigenvalue weighted by atomic mass is 35.5. The molecule has 1 aromatic rings. The van der Waals surface area contributed by atoms with Gasteiger partial charge in [-0.25, -0.2) is 0 Å². The van der Waals surface area contributed by atoms with E-state index in [9.17, 15) is 4.79 Å². The van der Waals surface area contributed by atoms with Crippen molar-refractivity contribution in [2.45, 2.75) is 44.2 Å². The van der Waals surface area contributed by atoms with Gasteiger partial charge in [-0.15, -0.1) is 24.8 Å². The highest BCUT2D eigenvalue weighted by Gasteiger charge is 2.27. The second-order valence-electron chi connectivity index (χ2n) is 6.78. The van der Waals surface area contributed by atoms with Gasteiger partial charge in [-0.3, -0.25) is 4.79 Å². The standard InChI is InChI=1S/C18H29N3O.2ClH/c1-21(2)13-17(11-14-7-4-3-5-8-14)20-18(22)15-9-6-10-16(19)12-15;;/h3-5,7-8,15-17H,6,9-13,19H2,1-2H3,(H,20,22);2*1H. The zero-order valence-electron chi connectivity index (χ0n) is 14.6. The second-order valence-corrected chi connectivity index (χ2v) is 6.78. The molecule has 0 radical (unpaired) electrons. The van der Waals surface area contributed by atoms with Crippen LogP contribution in [-0.2, 0) is 11.2 Å². The first-order valence-corrected chi connectivity index (χ1v) is 8.29. The summed E-state index contributed by atoms with van der Waals surface area (Å²) in [5, 5.41) is 3.25. The fraction of sp³-hybridized carbons (Fsp3) is 0.611. The number of carbonyl (C=O) groups excluding carboxylic acids is 1. The van der Waals surface area contributed by atoms with Crippen molar-refractivity contribution in [1.82, 2.24) is 10.2 Å². The van der Waals surface area contributed by atoms with Gasteiger partial charge in [-0.05, 0) is 45.3 Å². The molecule has 0 aliphatic heterocycles. The number of nitrogens with two attached hydrogens (primary N) is 1. The summed E-state index contributed by atoms with van der Waals surface area (Å²) in [5.74, 6) is 0.266. The van der Waals surface area contributed by atoms with Gasteiger partial charge >= 0.3 is 0 Å². The van der Waals surface area contributed by atoms with Gasteiger partial charge in [0.25, 0.3) is 0 Å². The van der Waals surface area contributed by atoms with Crippen LogP contribution < -0.4 is 11.1 Å². The quantitative estimate of drug-likeness (QED) is 0.803. The van der Waals surface area contributed by atoms with E-state index in [0.29, 0.717) is 0 Å². The number of nitrogens with one attached hydrogen (secondary N) is 1. The van der Waals surface area contributed by atoms with Crippen LogP contribution in [0.25, 0.3) is 0 Å². The van der Waals surface area contributed by atoms with Crippen molar-refractivity contribution in [2.24, 2.45) is 11.7 Å². The number of amides is 1. The summed E-state index contributed by atoms with van der Waals surface area (Å²) in [6.07, 6.45) is 4.78. The Morgan fingerprint density at radius 1 is 1.25 bits per heavy atom. The average molecular weight is 376 g/mol. The van der Waals surface area contributed by atoms with E-state index in [0.717, 1.165) is 38.6 Å². The topological polar surface area (TPSA) is 58.4 Å². The highest BCUT2D eigenvalue weighted by molar-refractivity contribution is 5.85. The van der Waals surface area contributed by atoms with E-state index in [2.05, 4.69) is 22.3 Å². The zero-order chi connectivity index (χ0) is 15.9. The van der Waals surface area contributed by atoms with Crippen LogP contribution in [0.4, 0.5) is 0 Å². The molecule has 2 rings (SSSR count). The lowest BCUT2D eigenvalue weighted by atomic mass is 9.85. The van der Waals surface area contributed by atoms with Gasteiger partial charge in [0.15, 0.2) is 0 Å². The van der Waals surface area contributed by atoms with Gasteiger partial charge in [-0.2, -0.15) is 0 Å².